The van der Waals surface area contributed by atoms with E-state index in [1.54, 1.807) is 91.0 Å². The van der Waals surface area contributed by atoms with Gasteiger partial charge in [0.25, 0.3) is 17.7 Å². The number of hydrogen-bond acceptors (Lipinski definition) is 18. The van der Waals surface area contributed by atoms with Crippen molar-refractivity contribution in [2.24, 2.45) is 0 Å². The second-order valence-electron chi connectivity index (χ2n) is 34.3. The molecule has 12 heterocycles. The van der Waals surface area contributed by atoms with Gasteiger partial charge in [0.2, 0.25) is 30.1 Å². The third kappa shape index (κ3) is 16.3. The first-order valence-corrected chi connectivity index (χ1v) is 49.2. The van der Waals surface area contributed by atoms with E-state index < -0.39 is 100 Å². The molecular weight excluding hydrogens is 1900 g/mol. The van der Waals surface area contributed by atoms with E-state index in [0.29, 0.717) is 138 Å². The summed E-state index contributed by atoms with van der Waals surface area (Å²) in [4.78, 5) is 54.6. The van der Waals surface area contributed by atoms with E-state index in [-0.39, 0.29) is 139 Å². The summed E-state index contributed by atoms with van der Waals surface area (Å²) in [6, 6.07) is 46.3. The van der Waals surface area contributed by atoms with Crippen molar-refractivity contribution in [2.75, 3.05) is 93.8 Å². The first-order valence-electron chi connectivity index (χ1n) is 43.6. The van der Waals surface area contributed by atoms with Crippen LogP contribution in [0.4, 0.5) is 56.6 Å². The van der Waals surface area contributed by atoms with Crippen molar-refractivity contribution in [1.29, 1.82) is 0 Å². The minimum atomic E-state index is -3.83. The number of anilines is 3. The van der Waals surface area contributed by atoms with Gasteiger partial charge in [-0.05, 0) is 163 Å². The molecule has 0 saturated heterocycles. The van der Waals surface area contributed by atoms with Gasteiger partial charge in [0, 0.05) is 128 Å². The Bertz CT molecular complexity index is 7950. The maximum absolute atomic E-state index is 15.0. The number of fused-ring (bicyclic) bond motifs is 18. The molecule has 0 bridgehead atoms. The number of aromatic nitrogens is 6. The number of hydrogen-bond donors (Lipinski definition) is 6. The van der Waals surface area contributed by atoms with Gasteiger partial charge in [0.1, 0.15) is 69.1 Å². The van der Waals surface area contributed by atoms with Crippen LogP contribution < -0.4 is 28.9 Å². The van der Waals surface area contributed by atoms with Crippen LogP contribution in [0.3, 0.4) is 0 Å². The van der Waals surface area contributed by atoms with E-state index in [2.05, 4.69) is 16.0 Å². The standard InChI is InChI=1S/3C34H27F3N4O5S/c3*1-38-34(43)31-23-13-22(28(40(2)47(3,44)45)15-30(23)46-33(31)20-9-8-18(35)12-25(20)37)26-10-7-17-11-19(16-42)41-27-6-4-5-24(36)21(27)14-29(41)32(17)39-26/h3*4-10,12-15,19,42H,11,16H2,1-3H3,(H,38,43). The monoisotopic (exact) mass is 1980 g/mol. The number of amides is 3. The van der Waals surface area contributed by atoms with Gasteiger partial charge in [-0.25, -0.2) is 79.7 Å². The van der Waals surface area contributed by atoms with Gasteiger partial charge in [0.05, 0.1) is 175 Å². The zero-order chi connectivity index (χ0) is 100. The van der Waals surface area contributed by atoms with E-state index in [0.717, 1.165) is 84.8 Å². The largest absolute Gasteiger partial charge is 0.455 e. The normalized spacial score (nSPS) is 14.3. The third-order valence-electron chi connectivity index (χ3n) is 25.9. The number of nitrogens with one attached hydrogen (secondary N) is 3. The number of pyridine rings is 3. The van der Waals surface area contributed by atoms with E-state index in [9.17, 15) is 94.5 Å². The van der Waals surface area contributed by atoms with Gasteiger partial charge in [-0.2, -0.15) is 0 Å². The zero-order valence-corrected chi connectivity index (χ0v) is 78.4. The zero-order valence-electron chi connectivity index (χ0n) is 75.9. The average Bonchev–Trinajstić information content (AvgIpc) is 1.60. The van der Waals surface area contributed by atoms with Crippen LogP contribution in [0, 0.1) is 52.4 Å². The molecule has 3 aliphatic rings. The molecule has 3 amide bonds. The Morgan fingerprint density at radius 3 is 0.844 bits per heavy atom. The van der Waals surface area contributed by atoms with Crippen LogP contribution in [-0.4, -0.2) is 168 Å². The molecule has 27 nitrogen and oxygen atoms in total. The van der Waals surface area contributed by atoms with Crippen molar-refractivity contribution in [1.82, 2.24) is 44.6 Å². The molecule has 9 aromatic heterocycles. The molecule has 0 radical (unpaired) electrons. The number of sulfonamides is 3. The first-order chi connectivity index (χ1) is 67.2. The van der Waals surface area contributed by atoms with Crippen LogP contribution in [0.1, 0.15) is 65.9 Å². The molecular formula is C102H81F9N12O15S3. The fourth-order valence-electron chi connectivity index (χ4n) is 18.9. The fraction of sp³-hybridized carbons (Fsp3) is 0.176. The Kier molecular flexibility index (Phi) is 24.0. The average molecular weight is 1980 g/mol. The molecule has 21 rings (SSSR count). The highest BCUT2D eigenvalue weighted by molar-refractivity contribution is 7.92. The van der Waals surface area contributed by atoms with E-state index in [1.807, 2.05) is 31.9 Å². The maximum atomic E-state index is 15.0. The summed E-state index contributed by atoms with van der Waals surface area (Å²) in [7, 11) is -3.25. The lowest BCUT2D eigenvalue weighted by Crippen LogP contribution is -2.25. The van der Waals surface area contributed by atoms with E-state index in [4.69, 9.17) is 28.2 Å². The molecule has 0 saturated carbocycles. The summed E-state index contributed by atoms with van der Waals surface area (Å²) in [5.41, 5.74) is 9.51. The second kappa shape index (κ2) is 35.8. The molecule has 141 heavy (non-hydrogen) atoms. The van der Waals surface area contributed by atoms with Crippen LogP contribution >= 0.6 is 0 Å². The highest BCUT2D eigenvalue weighted by atomic mass is 32.2. The van der Waals surface area contributed by atoms with Gasteiger partial charge >= 0.3 is 0 Å². The number of aliphatic hydroxyl groups excluding tert-OH is 3. The summed E-state index contributed by atoms with van der Waals surface area (Å²) in [5.74, 6) is -8.88. The molecule has 3 aliphatic heterocycles. The van der Waals surface area contributed by atoms with Gasteiger partial charge in [-0.3, -0.25) is 27.3 Å². The number of benzene rings is 9. The number of halogens is 9. The van der Waals surface area contributed by atoms with Crippen LogP contribution in [0.15, 0.2) is 213 Å². The van der Waals surface area contributed by atoms with Gasteiger partial charge in [0.15, 0.2) is 17.3 Å². The minimum absolute atomic E-state index is 0.0397. The Labute approximate surface area is 797 Å². The molecule has 0 spiro atoms. The van der Waals surface area contributed by atoms with E-state index >= 15 is 0 Å². The Balaban J connectivity index is 0.000000134. The van der Waals surface area contributed by atoms with Gasteiger partial charge in [-0.1, -0.05) is 36.4 Å². The van der Waals surface area contributed by atoms with Gasteiger partial charge in [-0.15, -0.1) is 0 Å². The van der Waals surface area contributed by atoms with Crippen molar-refractivity contribution in [3.8, 4) is 102 Å². The third-order valence-corrected chi connectivity index (χ3v) is 29.5. The second-order valence-corrected chi connectivity index (χ2v) is 40.3. The quantitative estimate of drug-likeness (QED) is 0.0435. The Morgan fingerprint density at radius 2 is 0.610 bits per heavy atom. The van der Waals surface area contributed by atoms with Crippen molar-refractivity contribution < 1.29 is 108 Å². The topological polar surface area (TPSA) is 353 Å². The molecule has 0 fully saturated rings. The predicted molar refractivity (Wildman–Crippen MR) is 516 cm³/mol. The van der Waals surface area contributed by atoms with Crippen LogP contribution in [-0.2, 0) is 49.3 Å². The molecule has 6 N–H and O–H groups in total. The van der Waals surface area contributed by atoms with Crippen LogP contribution in [0.5, 0.6) is 0 Å². The molecule has 39 heteroatoms. The fourth-order valence-corrected chi connectivity index (χ4v) is 20.4. The minimum Gasteiger partial charge on any atom is -0.455 e. The van der Waals surface area contributed by atoms with Crippen molar-refractivity contribution in [2.45, 2.75) is 37.4 Å². The lowest BCUT2D eigenvalue weighted by Gasteiger charge is -2.28. The number of aliphatic hydroxyl groups is 3. The molecule has 18 aromatic rings. The van der Waals surface area contributed by atoms with Crippen molar-refractivity contribution in [3.63, 3.8) is 0 Å². The summed E-state index contributed by atoms with van der Waals surface area (Å²) in [6.45, 7) is -0.559. The summed E-state index contributed by atoms with van der Waals surface area (Å²) < 4.78 is 235. The molecule has 3 unspecified atom stereocenters. The van der Waals surface area contributed by atoms with Crippen LogP contribution in [0.25, 0.3) is 168 Å². The molecule has 0 aliphatic carbocycles. The summed E-state index contributed by atoms with van der Waals surface area (Å²) >= 11 is 0. The number of furan rings is 3. The number of carbonyl (C=O) groups excluding carboxylic acids is 3. The summed E-state index contributed by atoms with van der Waals surface area (Å²) in [5, 5.41) is 40.1. The van der Waals surface area contributed by atoms with Crippen molar-refractivity contribution in [3.05, 3.63) is 286 Å². The molecule has 720 valence electrons. The predicted octanol–water partition coefficient (Wildman–Crippen LogP) is 18.1. The molecule has 3 atom stereocenters. The number of rotatable bonds is 18. The first kappa shape index (κ1) is 94.5. The lowest BCUT2D eigenvalue weighted by atomic mass is 9.96. The lowest BCUT2D eigenvalue weighted by molar-refractivity contribution is 0.0956. The smallest absolute Gasteiger partial charge is 0.255 e. The van der Waals surface area contributed by atoms with Crippen molar-refractivity contribution >= 4 is 130 Å². The SMILES string of the molecule is CNC(=O)c1c(-c2ccc(F)cc2F)oc2cc(N(C)S(C)(=O)=O)c(-c3ccc4c(n3)-c3cc5c(F)cccc5n3C(CO)C4)cc12.CNC(=O)c1c(-c2ccc(F)cc2F)oc2cc(N(C)S(C)(=O)=O)c(-c3ccc4c(n3)-c3cc5c(F)cccc5n3C(CO)C4)cc12.CNC(=O)c1c(-c2ccc(F)cc2F)oc2cc(N(C)S(C)(=O)=O)c(-c3ccc4c(n3)-c3cc5c(F)cccc5n3C(CO)C4)cc12. The Morgan fingerprint density at radius 1 is 0.348 bits per heavy atom. The molecule has 9 aromatic carbocycles. The highest BCUT2D eigenvalue weighted by Gasteiger charge is 2.38. The van der Waals surface area contributed by atoms with E-state index in [1.165, 1.54) is 78.7 Å². The van der Waals surface area contributed by atoms with Crippen LogP contribution in [0.2, 0.25) is 0 Å². The maximum Gasteiger partial charge on any atom is 0.255 e. The number of carbonyl (C=O) groups is 3. The number of nitrogens with zero attached hydrogens (tertiary/aromatic N) is 9. The van der Waals surface area contributed by atoms with Gasteiger partial charge < -0.3 is 58.2 Å². The highest BCUT2D eigenvalue weighted by Crippen LogP contribution is 2.51. The summed E-state index contributed by atoms with van der Waals surface area (Å²) in [6.07, 6.45) is 4.33. The Hall–Kier alpha value is -15.4.